The molecular formula is C20H36N4. The van der Waals surface area contributed by atoms with Crippen molar-refractivity contribution in [2.24, 2.45) is 0 Å². The van der Waals surface area contributed by atoms with Gasteiger partial charge in [0.15, 0.2) is 0 Å². The van der Waals surface area contributed by atoms with Gasteiger partial charge in [0.1, 0.15) is 0 Å². The summed E-state index contributed by atoms with van der Waals surface area (Å²) < 4.78 is 0. The first-order valence-corrected chi connectivity index (χ1v) is 9.59. The van der Waals surface area contributed by atoms with Gasteiger partial charge in [-0.15, -0.1) is 0 Å². The van der Waals surface area contributed by atoms with Gasteiger partial charge in [0.05, 0.1) is 0 Å². The summed E-state index contributed by atoms with van der Waals surface area (Å²) in [6, 6.07) is 0. The van der Waals surface area contributed by atoms with Crippen LogP contribution in [0.15, 0.2) is 36.8 Å². The van der Waals surface area contributed by atoms with Crippen LogP contribution in [0.4, 0.5) is 0 Å². The molecule has 0 aliphatic carbocycles. The van der Waals surface area contributed by atoms with E-state index in [9.17, 15) is 0 Å². The zero-order chi connectivity index (χ0) is 17.2. The molecule has 0 saturated carbocycles. The summed E-state index contributed by atoms with van der Waals surface area (Å²) in [5.74, 6) is 0. The Bertz CT molecular complexity index is 423. The van der Waals surface area contributed by atoms with Crippen molar-refractivity contribution < 1.29 is 0 Å². The molecule has 0 unspecified atom stereocenters. The van der Waals surface area contributed by atoms with Crippen LogP contribution in [-0.2, 0) is 0 Å². The summed E-state index contributed by atoms with van der Waals surface area (Å²) in [5, 5.41) is 3.47. The first-order chi connectivity index (χ1) is 11.6. The Labute approximate surface area is 148 Å². The minimum absolute atomic E-state index is 0.851. The van der Waals surface area contributed by atoms with Crippen LogP contribution in [0.2, 0.25) is 0 Å². The fourth-order valence-corrected chi connectivity index (χ4v) is 3.41. The molecule has 2 rings (SSSR count). The summed E-state index contributed by atoms with van der Waals surface area (Å²) in [6.07, 6.45) is 11.7. The lowest BCUT2D eigenvalue weighted by Gasteiger charge is -2.24. The Morgan fingerprint density at radius 1 is 1.12 bits per heavy atom. The van der Waals surface area contributed by atoms with Crippen molar-refractivity contribution in [1.82, 2.24) is 20.0 Å². The molecule has 1 saturated heterocycles. The minimum atomic E-state index is 0.851. The molecule has 0 aromatic rings. The van der Waals surface area contributed by atoms with Crippen molar-refractivity contribution in [3.8, 4) is 0 Å². The Kier molecular flexibility index (Phi) is 8.23. The fourth-order valence-electron chi connectivity index (χ4n) is 3.41. The van der Waals surface area contributed by atoms with E-state index < -0.39 is 0 Å². The van der Waals surface area contributed by atoms with Gasteiger partial charge in [-0.3, -0.25) is 0 Å². The summed E-state index contributed by atoms with van der Waals surface area (Å²) in [6.45, 7) is 16.6. The van der Waals surface area contributed by atoms with Crippen LogP contribution < -0.4 is 5.32 Å². The molecule has 0 amide bonds. The van der Waals surface area contributed by atoms with Crippen molar-refractivity contribution in [1.29, 1.82) is 0 Å². The van der Waals surface area contributed by atoms with Gasteiger partial charge < -0.3 is 20.0 Å². The maximum Gasteiger partial charge on any atom is 0.0261 e. The SMILES string of the molecule is C=C(CC(=C)N(C)CCCN1C=CCC1)NCCCN1CCCC1. The lowest BCUT2D eigenvalue weighted by molar-refractivity contribution is 0.331. The van der Waals surface area contributed by atoms with E-state index in [1.54, 1.807) is 0 Å². The third-order valence-electron chi connectivity index (χ3n) is 5.02. The zero-order valence-corrected chi connectivity index (χ0v) is 15.6. The molecule has 0 spiro atoms. The zero-order valence-electron chi connectivity index (χ0n) is 15.6. The number of nitrogens with one attached hydrogen (secondary N) is 1. The topological polar surface area (TPSA) is 21.8 Å². The van der Waals surface area contributed by atoms with E-state index in [1.165, 1.54) is 58.3 Å². The molecule has 0 atom stereocenters. The summed E-state index contributed by atoms with van der Waals surface area (Å²) in [5.41, 5.74) is 2.25. The van der Waals surface area contributed by atoms with E-state index in [0.717, 1.165) is 37.4 Å². The largest absolute Gasteiger partial charge is 0.388 e. The monoisotopic (exact) mass is 332 g/mol. The predicted molar refractivity (Wildman–Crippen MR) is 104 cm³/mol. The van der Waals surface area contributed by atoms with E-state index in [1.807, 2.05) is 0 Å². The molecule has 0 aromatic heterocycles. The second kappa shape index (κ2) is 10.4. The Hall–Kier alpha value is -1.42. The minimum Gasteiger partial charge on any atom is -0.388 e. The number of rotatable bonds is 12. The van der Waals surface area contributed by atoms with Gasteiger partial charge in [0, 0.05) is 51.0 Å². The molecule has 0 aromatic carbocycles. The van der Waals surface area contributed by atoms with Gasteiger partial charge in [0.25, 0.3) is 0 Å². The average Bonchev–Trinajstić information content (AvgIpc) is 3.25. The van der Waals surface area contributed by atoms with Crippen molar-refractivity contribution in [3.05, 3.63) is 36.8 Å². The third-order valence-corrected chi connectivity index (χ3v) is 5.02. The van der Waals surface area contributed by atoms with Gasteiger partial charge in [-0.1, -0.05) is 19.2 Å². The molecule has 4 nitrogen and oxygen atoms in total. The lowest BCUT2D eigenvalue weighted by atomic mass is 10.2. The molecular weight excluding hydrogens is 296 g/mol. The number of hydrogen-bond acceptors (Lipinski definition) is 4. The van der Waals surface area contributed by atoms with Crippen LogP contribution in [0, 0.1) is 0 Å². The molecule has 1 N–H and O–H groups in total. The number of likely N-dealkylation sites (tertiary alicyclic amines) is 1. The van der Waals surface area contributed by atoms with Crippen molar-refractivity contribution >= 4 is 0 Å². The Balaban J connectivity index is 1.49. The van der Waals surface area contributed by atoms with Crippen molar-refractivity contribution in [3.63, 3.8) is 0 Å². The van der Waals surface area contributed by atoms with Crippen LogP contribution in [-0.4, -0.2) is 67.6 Å². The highest BCUT2D eigenvalue weighted by atomic mass is 15.1. The highest BCUT2D eigenvalue weighted by molar-refractivity contribution is 5.07. The van der Waals surface area contributed by atoms with E-state index in [0.29, 0.717) is 0 Å². The normalized spacial score (nSPS) is 17.5. The highest BCUT2D eigenvalue weighted by Gasteiger charge is 2.10. The lowest BCUT2D eigenvalue weighted by Crippen LogP contribution is -2.26. The second-order valence-corrected chi connectivity index (χ2v) is 7.16. The molecule has 24 heavy (non-hydrogen) atoms. The van der Waals surface area contributed by atoms with Crippen LogP contribution in [0.3, 0.4) is 0 Å². The number of hydrogen-bond donors (Lipinski definition) is 1. The molecule has 2 aliphatic heterocycles. The van der Waals surface area contributed by atoms with Gasteiger partial charge in [-0.05, 0) is 57.9 Å². The smallest absolute Gasteiger partial charge is 0.0261 e. The average molecular weight is 333 g/mol. The maximum absolute atomic E-state index is 4.23. The molecule has 2 aliphatic rings. The Morgan fingerprint density at radius 3 is 2.62 bits per heavy atom. The fraction of sp³-hybridized carbons (Fsp3) is 0.700. The molecule has 0 bridgehead atoms. The van der Waals surface area contributed by atoms with Crippen LogP contribution >= 0.6 is 0 Å². The molecule has 2 heterocycles. The highest BCUT2D eigenvalue weighted by Crippen LogP contribution is 2.11. The second-order valence-electron chi connectivity index (χ2n) is 7.16. The van der Waals surface area contributed by atoms with Crippen molar-refractivity contribution in [2.75, 3.05) is 52.9 Å². The summed E-state index contributed by atoms with van der Waals surface area (Å²) >= 11 is 0. The van der Waals surface area contributed by atoms with E-state index in [2.05, 4.69) is 52.5 Å². The first kappa shape index (κ1) is 18.9. The van der Waals surface area contributed by atoms with Crippen molar-refractivity contribution in [2.45, 2.75) is 38.5 Å². The predicted octanol–water partition coefficient (Wildman–Crippen LogP) is 3.02. The Morgan fingerprint density at radius 2 is 1.92 bits per heavy atom. The summed E-state index contributed by atoms with van der Waals surface area (Å²) in [4.78, 5) is 7.24. The van der Waals surface area contributed by atoms with Gasteiger partial charge in [-0.25, -0.2) is 0 Å². The van der Waals surface area contributed by atoms with Crippen LogP contribution in [0.5, 0.6) is 0 Å². The third kappa shape index (κ3) is 7.00. The first-order valence-electron chi connectivity index (χ1n) is 9.59. The van der Waals surface area contributed by atoms with E-state index >= 15 is 0 Å². The number of nitrogens with zero attached hydrogens (tertiary/aromatic N) is 3. The molecule has 136 valence electrons. The molecule has 4 heteroatoms. The van der Waals surface area contributed by atoms with Gasteiger partial charge >= 0.3 is 0 Å². The quantitative estimate of drug-likeness (QED) is 0.555. The van der Waals surface area contributed by atoms with Crippen LogP contribution in [0.25, 0.3) is 0 Å². The molecule has 0 radical (unpaired) electrons. The van der Waals surface area contributed by atoms with Gasteiger partial charge in [-0.2, -0.15) is 0 Å². The standard InChI is InChI=1S/C20H36N4/c1-19(21-10-8-16-23-12-4-5-13-23)18-20(2)22(3)11-9-17-24-14-6-7-15-24/h6,14,21H,1-2,4-5,7-13,15-18H2,3H3. The maximum atomic E-state index is 4.23. The summed E-state index contributed by atoms with van der Waals surface area (Å²) in [7, 11) is 2.14. The molecule has 1 fully saturated rings. The van der Waals surface area contributed by atoms with Crippen LogP contribution in [0.1, 0.15) is 38.5 Å². The van der Waals surface area contributed by atoms with Gasteiger partial charge in [0.2, 0.25) is 0 Å². The van der Waals surface area contributed by atoms with E-state index in [4.69, 9.17) is 0 Å². The van der Waals surface area contributed by atoms with E-state index in [-0.39, 0.29) is 0 Å².